The molecule has 4 bridgehead atoms. The maximum absolute atomic E-state index is 13.0. The van der Waals surface area contributed by atoms with E-state index >= 15 is 0 Å². The van der Waals surface area contributed by atoms with Crippen LogP contribution in [0, 0.1) is 17.3 Å². The van der Waals surface area contributed by atoms with E-state index in [1.165, 1.54) is 0 Å². The Morgan fingerprint density at radius 2 is 1.77 bits per heavy atom. The molecule has 3 aromatic rings. The molecule has 4 atom stereocenters. The number of para-hydroxylation sites is 1. The van der Waals surface area contributed by atoms with Gasteiger partial charge in [-0.2, -0.15) is 0 Å². The molecular weight excluding hydrogens is 394 g/mol. The molecule has 6 nitrogen and oxygen atoms in total. The highest BCUT2D eigenvalue weighted by Gasteiger charge is 2.60. The largest absolute Gasteiger partial charge is 0.456 e. The van der Waals surface area contributed by atoms with Crippen LogP contribution in [0.2, 0.25) is 0 Å². The third-order valence-corrected chi connectivity index (χ3v) is 7.46. The molecule has 0 saturated heterocycles. The lowest BCUT2D eigenvalue weighted by atomic mass is 9.48. The summed E-state index contributed by atoms with van der Waals surface area (Å²) in [5, 5.41) is 15.6. The third-order valence-electron chi connectivity index (χ3n) is 7.46. The van der Waals surface area contributed by atoms with E-state index < -0.39 is 11.0 Å². The Hall–Kier alpha value is -2.86. The third kappa shape index (κ3) is 3.12. The number of fused-ring (bicyclic) bond motifs is 3. The Balaban J connectivity index is 1.14. The van der Waals surface area contributed by atoms with Crippen LogP contribution in [0.1, 0.15) is 38.5 Å². The van der Waals surface area contributed by atoms with Gasteiger partial charge >= 0.3 is 5.97 Å². The zero-order valence-corrected chi connectivity index (χ0v) is 17.2. The van der Waals surface area contributed by atoms with Crippen molar-refractivity contribution in [2.24, 2.45) is 17.3 Å². The van der Waals surface area contributed by atoms with Crippen LogP contribution in [-0.4, -0.2) is 29.2 Å². The first-order valence-electron chi connectivity index (χ1n) is 11.0. The highest BCUT2D eigenvalue weighted by molar-refractivity contribution is 6.07. The Morgan fingerprint density at radius 1 is 1.03 bits per heavy atom. The fourth-order valence-corrected chi connectivity index (χ4v) is 6.74. The van der Waals surface area contributed by atoms with E-state index in [1.54, 1.807) is 6.07 Å². The Labute approximate surface area is 179 Å². The first-order chi connectivity index (χ1) is 14.9. The molecular formula is C25H25NO5. The summed E-state index contributed by atoms with van der Waals surface area (Å²) in [6.07, 6.45) is 4.71. The number of benzene rings is 2. The zero-order chi connectivity index (χ0) is 21.2. The number of carbonyl (C=O) groups excluding carboxylic acids is 2. The lowest BCUT2D eigenvalue weighted by Crippen LogP contribution is -2.58. The van der Waals surface area contributed by atoms with Gasteiger partial charge in [-0.05, 0) is 74.6 Å². The van der Waals surface area contributed by atoms with E-state index in [0.717, 1.165) is 54.0 Å². The molecule has 4 aliphatic rings. The number of furan rings is 1. The van der Waals surface area contributed by atoms with Crippen LogP contribution in [0.3, 0.4) is 0 Å². The predicted molar refractivity (Wildman–Crippen MR) is 115 cm³/mol. The zero-order valence-electron chi connectivity index (χ0n) is 17.2. The van der Waals surface area contributed by atoms with Gasteiger partial charge in [-0.1, -0.05) is 18.2 Å². The second kappa shape index (κ2) is 6.57. The summed E-state index contributed by atoms with van der Waals surface area (Å²) < 4.78 is 11.3. The monoisotopic (exact) mass is 419 g/mol. The molecule has 31 heavy (non-hydrogen) atoms. The van der Waals surface area contributed by atoms with E-state index in [4.69, 9.17) is 9.15 Å². The van der Waals surface area contributed by atoms with Crippen LogP contribution in [-0.2, 0) is 14.3 Å². The summed E-state index contributed by atoms with van der Waals surface area (Å²) in [4.78, 5) is 25.4. The van der Waals surface area contributed by atoms with Gasteiger partial charge in [-0.25, -0.2) is 0 Å². The van der Waals surface area contributed by atoms with Crippen LogP contribution in [0.25, 0.3) is 21.9 Å². The number of rotatable bonds is 4. The van der Waals surface area contributed by atoms with Crippen LogP contribution >= 0.6 is 0 Å². The lowest BCUT2D eigenvalue weighted by Gasteiger charge is -2.58. The summed E-state index contributed by atoms with van der Waals surface area (Å²) in [7, 11) is 0. The van der Waals surface area contributed by atoms with Crippen molar-refractivity contribution in [3.63, 3.8) is 0 Å². The normalized spacial score (nSPS) is 31.3. The minimum atomic E-state index is -0.728. The molecule has 1 heterocycles. The van der Waals surface area contributed by atoms with Gasteiger partial charge in [0.2, 0.25) is 0 Å². The number of aliphatic hydroxyl groups is 1. The van der Waals surface area contributed by atoms with Gasteiger partial charge in [0.1, 0.15) is 11.2 Å². The number of amides is 1. The van der Waals surface area contributed by atoms with Gasteiger partial charge in [0.05, 0.1) is 11.0 Å². The first-order valence-corrected chi connectivity index (χ1v) is 11.0. The fraction of sp³-hybridized carbons (Fsp3) is 0.440. The number of esters is 1. The van der Waals surface area contributed by atoms with Crippen molar-refractivity contribution in [3.05, 3.63) is 42.5 Å². The van der Waals surface area contributed by atoms with E-state index in [2.05, 4.69) is 5.32 Å². The average Bonchev–Trinajstić information content (AvgIpc) is 3.08. The molecule has 160 valence electrons. The fourth-order valence-electron chi connectivity index (χ4n) is 6.74. The second-order valence-electron chi connectivity index (χ2n) is 9.90. The van der Waals surface area contributed by atoms with Crippen LogP contribution in [0.15, 0.2) is 46.9 Å². The molecule has 2 unspecified atom stereocenters. The Morgan fingerprint density at radius 3 is 2.55 bits per heavy atom. The summed E-state index contributed by atoms with van der Waals surface area (Å²) in [5.41, 5.74) is 0.837. The van der Waals surface area contributed by atoms with Gasteiger partial charge in [-0.3, -0.25) is 9.59 Å². The first kappa shape index (κ1) is 18.9. The van der Waals surface area contributed by atoms with Crippen molar-refractivity contribution in [2.45, 2.75) is 44.1 Å². The second-order valence-corrected chi connectivity index (χ2v) is 9.90. The molecule has 1 aromatic heterocycles. The molecule has 4 aliphatic carbocycles. The number of hydrogen-bond acceptors (Lipinski definition) is 5. The minimum Gasteiger partial charge on any atom is -0.456 e. The highest BCUT2D eigenvalue weighted by Crippen LogP contribution is 2.61. The highest BCUT2D eigenvalue weighted by atomic mass is 16.5. The summed E-state index contributed by atoms with van der Waals surface area (Å²) in [6.45, 7) is -0.321. The van der Waals surface area contributed by atoms with Crippen molar-refractivity contribution in [3.8, 4) is 0 Å². The SMILES string of the molecule is O=C(COC(=O)C12C[C@@H]3C[C@@H](CC(O)(C3)C1)C2)Nc1ccc2oc3ccccc3c2c1. The molecule has 0 aliphatic heterocycles. The van der Waals surface area contributed by atoms with Gasteiger partial charge in [0.15, 0.2) is 6.61 Å². The van der Waals surface area contributed by atoms with E-state index in [9.17, 15) is 14.7 Å². The lowest BCUT2D eigenvalue weighted by molar-refractivity contribution is -0.196. The maximum Gasteiger partial charge on any atom is 0.312 e. The molecule has 7 rings (SSSR count). The van der Waals surface area contributed by atoms with Gasteiger partial charge < -0.3 is 19.6 Å². The quantitative estimate of drug-likeness (QED) is 0.612. The molecule has 4 fully saturated rings. The van der Waals surface area contributed by atoms with Gasteiger partial charge in [-0.15, -0.1) is 0 Å². The average molecular weight is 419 g/mol. The summed E-state index contributed by atoms with van der Waals surface area (Å²) in [5.74, 6) is 0.0867. The van der Waals surface area contributed by atoms with Crippen molar-refractivity contribution >= 4 is 39.5 Å². The van der Waals surface area contributed by atoms with Gasteiger partial charge in [0, 0.05) is 16.5 Å². The van der Waals surface area contributed by atoms with Crippen molar-refractivity contribution in [1.82, 2.24) is 0 Å². The summed E-state index contributed by atoms with van der Waals surface area (Å²) in [6, 6.07) is 13.2. The number of ether oxygens (including phenoxy) is 1. The number of carbonyl (C=O) groups is 2. The molecule has 2 N–H and O–H groups in total. The number of hydrogen-bond donors (Lipinski definition) is 2. The molecule has 0 radical (unpaired) electrons. The van der Waals surface area contributed by atoms with Crippen LogP contribution < -0.4 is 5.32 Å². The number of nitrogens with one attached hydrogen (secondary N) is 1. The Kier molecular flexibility index (Phi) is 4.00. The van der Waals surface area contributed by atoms with Crippen molar-refractivity contribution in [1.29, 1.82) is 0 Å². The molecule has 2 aromatic carbocycles. The molecule has 6 heteroatoms. The predicted octanol–water partition coefficient (Wildman–Crippen LogP) is 4.40. The topological polar surface area (TPSA) is 88.8 Å². The number of anilines is 1. The molecule has 4 saturated carbocycles. The minimum absolute atomic E-state index is 0.321. The van der Waals surface area contributed by atoms with E-state index in [0.29, 0.717) is 23.9 Å². The van der Waals surface area contributed by atoms with Gasteiger partial charge in [0.25, 0.3) is 5.91 Å². The summed E-state index contributed by atoms with van der Waals surface area (Å²) >= 11 is 0. The smallest absolute Gasteiger partial charge is 0.312 e. The Bertz CT molecular complexity index is 1200. The van der Waals surface area contributed by atoms with Crippen LogP contribution in [0.5, 0.6) is 0 Å². The van der Waals surface area contributed by atoms with E-state index in [-0.39, 0.29) is 18.5 Å². The molecule has 1 amide bonds. The standard InChI is InChI=1S/C25H25NO5/c27-22(26-17-5-6-21-19(8-17)18-3-1-2-4-20(18)31-21)13-30-23(28)24-9-15-7-16(10-24)12-25(29,11-15)14-24/h1-6,8,15-16,29H,7,9-14H2,(H,26,27)/t15-,16+,24?,25?. The maximum atomic E-state index is 13.0. The van der Waals surface area contributed by atoms with Crippen molar-refractivity contribution in [2.75, 3.05) is 11.9 Å². The molecule has 0 spiro atoms. The van der Waals surface area contributed by atoms with E-state index in [1.807, 2.05) is 36.4 Å². The van der Waals surface area contributed by atoms with Crippen molar-refractivity contribution < 1.29 is 23.8 Å². The van der Waals surface area contributed by atoms with Crippen LogP contribution in [0.4, 0.5) is 5.69 Å².